The largest absolute Gasteiger partial charge is 0.495 e. The van der Waals surface area contributed by atoms with Gasteiger partial charge in [0, 0.05) is 16.6 Å². The van der Waals surface area contributed by atoms with Crippen LogP contribution in [0.25, 0.3) is 0 Å². The van der Waals surface area contributed by atoms with Crippen molar-refractivity contribution in [3.05, 3.63) is 21.1 Å². The molecule has 0 bridgehead atoms. The summed E-state index contributed by atoms with van der Waals surface area (Å²) in [6, 6.07) is 4.65. The smallest absolute Gasteiger partial charge is 0.135 e. The number of rotatable bonds is 3. The van der Waals surface area contributed by atoms with Crippen LogP contribution in [-0.2, 0) is 0 Å². The zero-order valence-electron chi connectivity index (χ0n) is 9.63. The Balaban J connectivity index is 2.13. The highest BCUT2D eigenvalue weighted by molar-refractivity contribution is 9.11. The van der Waals surface area contributed by atoms with E-state index in [4.69, 9.17) is 4.74 Å². The number of ether oxygens (including phenoxy) is 1. The Labute approximate surface area is 123 Å². The van der Waals surface area contributed by atoms with Gasteiger partial charge in [0.05, 0.1) is 17.3 Å². The number of benzene rings is 1. The van der Waals surface area contributed by atoms with E-state index in [0.29, 0.717) is 6.04 Å². The van der Waals surface area contributed by atoms with Crippen molar-refractivity contribution in [2.75, 3.05) is 23.9 Å². The van der Waals surface area contributed by atoms with Crippen molar-refractivity contribution in [2.24, 2.45) is 0 Å². The normalized spacial score (nSPS) is 16.9. The minimum Gasteiger partial charge on any atom is -0.495 e. The summed E-state index contributed by atoms with van der Waals surface area (Å²) in [4.78, 5) is 0. The molecule has 0 spiro atoms. The van der Waals surface area contributed by atoms with Crippen LogP contribution >= 0.6 is 43.6 Å². The lowest BCUT2D eigenvalue weighted by Crippen LogP contribution is -2.24. The fourth-order valence-electron chi connectivity index (χ4n) is 1.86. The van der Waals surface area contributed by atoms with Crippen molar-refractivity contribution < 1.29 is 4.74 Å². The molecule has 5 heteroatoms. The lowest BCUT2D eigenvalue weighted by molar-refractivity contribution is 0.412. The minimum atomic E-state index is 0.582. The summed E-state index contributed by atoms with van der Waals surface area (Å²) in [6.07, 6.45) is 2.46. The van der Waals surface area contributed by atoms with Crippen LogP contribution in [-0.4, -0.2) is 24.7 Å². The quantitative estimate of drug-likeness (QED) is 0.832. The Kier molecular flexibility index (Phi) is 5.06. The highest BCUT2D eigenvalue weighted by Crippen LogP contribution is 2.35. The Hall–Kier alpha value is 0.130. The Morgan fingerprint density at radius 1 is 1.24 bits per heavy atom. The molecule has 0 saturated carbocycles. The molecule has 0 amide bonds. The van der Waals surface area contributed by atoms with Crippen molar-refractivity contribution in [1.29, 1.82) is 0 Å². The van der Waals surface area contributed by atoms with Gasteiger partial charge in [-0.15, -0.1) is 0 Å². The van der Waals surface area contributed by atoms with Crippen molar-refractivity contribution in [2.45, 2.75) is 18.9 Å². The molecule has 0 radical (unpaired) electrons. The molecule has 0 atom stereocenters. The van der Waals surface area contributed by atoms with Gasteiger partial charge >= 0.3 is 0 Å². The molecule has 1 N–H and O–H groups in total. The van der Waals surface area contributed by atoms with E-state index in [-0.39, 0.29) is 0 Å². The average Bonchev–Trinajstić information content (AvgIpc) is 2.34. The zero-order valence-corrected chi connectivity index (χ0v) is 13.6. The van der Waals surface area contributed by atoms with Crippen LogP contribution in [0, 0.1) is 0 Å². The number of hydrogen-bond acceptors (Lipinski definition) is 3. The first-order valence-corrected chi connectivity index (χ1v) is 8.32. The van der Waals surface area contributed by atoms with Gasteiger partial charge < -0.3 is 10.1 Å². The van der Waals surface area contributed by atoms with E-state index in [2.05, 4.69) is 37.2 Å². The number of halogens is 2. The lowest BCUT2D eigenvalue weighted by Gasteiger charge is -2.24. The number of methoxy groups -OCH3 is 1. The van der Waals surface area contributed by atoms with Gasteiger partial charge in [-0.1, -0.05) is 0 Å². The zero-order chi connectivity index (χ0) is 12.3. The first-order chi connectivity index (χ1) is 8.20. The summed E-state index contributed by atoms with van der Waals surface area (Å²) in [5.74, 6) is 3.37. The van der Waals surface area contributed by atoms with Crippen molar-refractivity contribution >= 4 is 49.3 Å². The molecule has 0 aliphatic carbocycles. The van der Waals surface area contributed by atoms with Gasteiger partial charge in [0.1, 0.15) is 5.75 Å². The Morgan fingerprint density at radius 2 is 1.94 bits per heavy atom. The van der Waals surface area contributed by atoms with Crippen LogP contribution in [0.15, 0.2) is 21.1 Å². The summed E-state index contributed by atoms with van der Waals surface area (Å²) in [6.45, 7) is 0. The number of hydrogen-bond donors (Lipinski definition) is 1. The third-order valence-electron chi connectivity index (χ3n) is 2.82. The minimum absolute atomic E-state index is 0.582. The van der Waals surface area contributed by atoms with Gasteiger partial charge in [-0.2, -0.15) is 11.8 Å². The van der Waals surface area contributed by atoms with Gasteiger partial charge in [0.25, 0.3) is 0 Å². The van der Waals surface area contributed by atoms with Crippen molar-refractivity contribution in [1.82, 2.24) is 0 Å². The fraction of sp³-hybridized carbons (Fsp3) is 0.500. The molecule has 1 fully saturated rings. The summed E-state index contributed by atoms with van der Waals surface area (Å²) < 4.78 is 7.36. The molecule has 17 heavy (non-hydrogen) atoms. The molecule has 1 aromatic rings. The van der Waals surface area contributed by atoms with Crippen LogP contribution in [0.1, 0.15) is 12.8 Å². The van der Waals surface area contributed by atoms with Crippen LogP contribution in [0.5, 0.6) is 5.75 Å². The molecule has 0 unspecified atom stereocenters. The van der Waals surface area contributed by atoms with E-state index in [1.807, 2.05) is 23.9 Å². The third-order valence-corrected chi connectivity index (χ3v) is 5.15. The van der Waals surface area contributed by atoms with E-state index in [1.54, 1.807) is 7.11 Å². The SMILES string of the molecule is COc1cc(NC2CCSCC2)c(Br)cc1Br. The van der Waals surface area contributed by atoms with Crippen LogP contribution in [0.4, 0.5) is 5.69 Å². The second-order valence-electron chi connectivity index (χ2n) is 4.00. The Morgan fingerprint density at radius 3 is 2.59 bits per heavy atom. The van der Waals surface area contributed by atoms with E-state index in [9.17, 15) is 0 Å². The molecule has 2 nitrogen and oxygen atoms in total. The third kappa shape index (κ3) is 3.55. The molecule has 0 aromatic heterocycles. The Bertz CT molecular complexity index is 394. The fourth-order valence-corrected chi connectivity index (χ4v) is 4.23. The predicted octanol–water partition coefficient (Wildman–Crippen LogP) is 4.53. The molecule has 1 aromatic carbocycles. The predicted molar refractivity (Wildman–Crippen MR) is 82.4 cm³/mol. The second-order valence-corrected chi connectivity index (χ2v) is 6.93. The van der Waals surface area contributed by atoms with Crippen molar-refractivity contribution in [3.8, 4) is 5.75 Å². The van der Waals surface area contributed by atoms with Crippen LogP contribution < -0.4 is 10.1 Å². The standard InChI is InChI=1S/C12H15Br2NOS/c1-16-12-7-11(9(13)6-10(12)14)15-8-2-4-17-5-3-8/h6-8,15H,2-5H2,1H3. The van der Waals surface area contributed by atoms with Gasteiger partial charge in [0.15, 0.2) is 0 Å². The van der Waals surface area contributed by atoms with E-state index in [1.165, 1.54) is 24.3 Å². The topological polar surface area (TPSA) is 21.3 Å². The van der Waals surface area contributed by atoms with Crippen molar-refractivity contribution in [3.63, 3.8) is 0 Å². The van der Waals surface area contributed by atoms with Gasteiger partial charge in [-0.05, 0) is 62.3 Å². The van der Waals surface area contributed by atoms with E-state index >= 15 is 0 Å². The summed E-state index contributed by atoms with van der Waals surface area (Å²) in [5, 5.41) is 3.59. The molecule has 1 heterocycles. The van der Waals surface area contributed by atoms with Gasteiger partial charge in [-0.25, -0.2) is 0 Å². The number of thioether (sulfide) groups is 1. The second kappa shape index (κ2) is 6.34. The maximum absolute atomic E-state index is 5.32. The van der Waals surface area contributed by atoms with E-state index in [0.717, 1.165) is 20.4 Å². The first kappa shape index (κ1) is 13.6. The summed E-state index contributed by atoms with van der Waals surface area (Å²) >= 11 is 9.10. The van der Waals surface area contributed by atoms with Gasteiger partial charge in [-0.3, -0.25) is 0 Å². The summed E-state index contributed by atoms with van der Waals surface area (Å²) in [5.41, 5.74) is 1.11. The molecule has 1 aliphatic rings. The molecule has 2 rings (SSSR count). The maximum atomic E-state index is 5.32. The monoisotopic (exact) mass is 379 g/mol. The van der Waals surface area contributed by atoms with Gasteiger partial charge in [0.2, 0.25) is 0 Å². The molecular formula is C12H15Br2NOS. The molecular weight excluding hydrogens is 366 g/mol. The highest BCUT2D eigenvalue weighted by Gasteiger charge is 2.15. The highest BCUT2D eigenvalue weighted by atomic mass is 79.9. The van der Waals surface area contributed by atoms with E-state index < -0.39 is 0 Å². The number of anilines is 1. The molecule has 1 aliphatic heterocycles. The maximum Gasteiger partial charge on any atom is 0.135 e. The van der Waals surface area contributed by atoms with Crippen LogP contribution in [0.2, 0.25) is 0 Å². The molecule has 1 saturated heterocycles. The first-order valence-electron chi connectivity index (χ1n) is 5.58. The summed E-state index contributed by atoms with van der Waals surface area (Å²) in [7, 11) is 1.69. The van der Waals surface area contributed by atoms with Crippen LogP contribution in [0.3, 0.4) is 0 Å². The average molecular weight is 381 g/mol. The molecule has 94 valence electrons. The number of nitrogens with one attached hydrogen (secondary N) is 1. The lowest BCUT2D eigenvalue weighted by atomic mass is 10.1.